The maximum absolute atomic E-state index is 12.5. The molecule has 0 N–H and O–H groups in total. The lowest BCUT2D eigenvalue weighted by Gasteiger charge is -2.20. The first-order valence-corrected chi connectivity index (χ1v) is 9.13. The zero-order valence-electron chi connectivity index (χ0n) is 13.8. The third-order valence-electron chi connectivity index (χ3n) is 4.19. The summed E-state index contributed by atoms with van der Waals surface area (Å²) in [5.74, 6) is 0.268. The molecule has 0 spiro atoms. The number of rotatable bonds is 3. The van der Waals surface area contributed by atoms with Crippen LogP contribution in [0.1, 0.15) is 25.0 Å². The van der Waals surface area contributed by atoms with E-state index in [1.54, 1.807) is 42.2 Å². The van der Waals surface area contributed by atoms with Crippen LogP contribution in [-0.2, 0) is 21.3 Å². The fraction of sp³-hybridized carbons (Fsp3) is 0.278. The van der Waals surface area contributed by atoms with Crippen molar-refractivity contribution in [1.29, 1.82) is 0 Å². The van der Waals surface area contributed by atoms with Gasteiger partial charge in [-0.1, -0.05) is 18.2 Å². The summed E-state index contributed by atoms with van der Waals surface area (Å²) in [6.45, 7) is 5.25. The highest BCUT2D eigenvalue weighted by atomic mass is 32.2. The third kappa shape index (κ3) is 2.89. The fourth-order valence-corrected chi connectivity index (χ4v) is 4.10. The van der Waals surface area contributed by atoms with Gasteiger partial charge in [-0.05, 0) is 55.7 Å². The van der Waals surface area contributed by atoms with E-state index >= 15 is 0 Å². The van der Waals surface area contributed by atoms with Crippen molar-refractivity contribution in [3.8, 4) is 5.75 Å². The second-order valence-corrected chi connectivity index (χ2v) is 7.58. The molecule has 2 aromatic rings. The summed E-state index contributed by atoms with van der Waals surface area (Å²) in [6.07, 6.45) is 0.628. The molecule has 2 aromatic carbocycles. The van der Waals surface area contributed by atoms with Crippen molar-refractivity contribution >= 4 is 21.7 Å². The summed E-state index contributed by atoms with van der Waals surface area (Å²) in [6, 6.07) is 11.7. The first-order chi connectivity index (χ1) is 11.3. The molecule has 6 heteroatoms. The predicted molar refractivity (Wildman–Crippen MR) is 91.8 cm³/mol. The highest BCUT2D eigenvalue weighted by molar-refractivity contribution is 7.87. The molecule has 1 aliphatic rings. The Morgan fingerprint density at radius 3 is 2.58 bits per heavy atom. The van der Waals surface area contributed by atoms with Crippen LogP contribution in [0.3, 0.4) is 0 Å². The van der Waals surface area contributed by atoms with Crippen LogP contribution in [0, 0.1) is 6.92 Å². The van der Waals surface area contributed by atoms with Gasteiger partial charge in [0.1, 0.15) is 10.6 Å². The molecule has 3 rings (SSSR count). The number of nitrogens with zero attached hydrogens (tertiary/aromatic N) is 1. The number of hydrogen-bond donors (Lipinski definition) is 0. The van der Waals surface area contributed by atoms with Gasteiger partial charge in [0.15, 0.2) is 0 Å². The molecule has 1 unspecified atom stereocenters. The van der Waals surface area contributed by atoms with Gasteiger partial charge >= 0.3 is 10.1 Å². The molecule has 0 saturated carbocycles. The molecule has 1 atom stereocenters. The first-order valence-electron chi connectivity index (χ1n) is 7.72. The Bertz CT molecular complexity index is 905. The van der Waals surface area contributed by atoms with Crippen LogP contribution in [0.15, 0.2) is 47.4 Å². The smallest absolute Gasteiger partial charge is 0.339 e. The molecule has 0 aliphatic carbocycles. The van der Waals surface area contributed by atoms with Crippen LogP contribution in [0.25, 0.3) is 0 Å². The van der Waals surface area contributed by atoms with Gasteiger partial charge in [0.25, 0.3) is 0 Å². The Labute approximate surface area is 142 Å². The molecular weight excluding hydrogens is 326 g/mol. The van der Waals surface area contributed by atoms with E-state index in [0.29, 0.717) is 12.2 Å². The Balaban J connectivity index is 1.95. The normalized spacial score (nSPS) is 16.8. The number of benzene rings is 2. The van der Waals surface area contributed by atoms with Gasteiger partial charge in [-0.2, -0.15) is 8.42 Å². The zero-order valence-corrected chi connectivity index (χ0v) is 14.6. The van der Waals surface area contributed by atoms with Gasteiger partial charge in [0, 0.05) is 18.7 Å². The molecule has 5 nitrogen and oxygen atoms in total. The number of fused-ring (bicyclic) bond motifs is 1. The van der Waals surface area contributed by atoms with E-state index in [1.165, 1.54) is 13.0 Å². The topological polar surface area (TPSA) is 63.7 Å². The minimum Gasteiger partial charge on any atom is -0.379 e. The van der Waals surface area contributed by atoms with E-state index in [9.17, 15) is 13.2 Å². The van der Waals surface area contributed by atoms with Crippen molar-refractivity contribution in [2.45, 2.75) is 38.1 Å². The van der Waals surface area contributed by atoms with Gasteiger partial charge in [-0.25, -0.2) is 0 Å². The highest BCUT2D eigenvalue weighted by Gasteiger charge is 2.30. The first kappa shape index (κ1) is 16.5. The number of carbonyl (C=O) groups excluding carboxylic acids is 1. The average molecular weight is 345 g/mol. The molecule has 0 bridgehead atoms. The van der Waals surface area contributed by atoms with E-state index in [-0.39, 0.29) is 16.8 Å². The standard InChI is InChI=1S/C18H19NO4S/c1-12-6-4-5-7-18(12)23-24(21,22)16-8-9-17-15(11-16)10-13(2)19(17)14(3)20/h4-9,11,13H,10H2,1-3H3. The van der Waals surface area contributed by atoms with Gasteiger partial charge in [-0.15, -0.1) is 0 Å². The maximum Gasteiger partial charge on any atom is 0.339 e. The Morgan fingerprint density at radius 1 is 1.21 bits per heavy atom. The number of amides is 1. The third-order valence-corrected chi connectivity index (χ3v) is 5.42. The molecule has 126 valence electrons. The summed E-state index contributed by atoms with van der Waals surface area (Å²) < 4.78 is 30.4. The van der Waals surface area contributed by atoms with E-state index < -0.39 is 10.1 Å². The van der Waals surface area contributed by atoms with E-state index in [1.807, 2.05) is 13.0 Å². The van der Waals surface area contributed by atoms with Crippen LogP contribution in [0.5, 0.6) is 5.75 Å². The largest absolute Gasteiger partial charge is 0.379 e. The quantitative estimate of drug-likeness (QED) is 0.802. The second kappa shape index (κ2) is 5.94. The van der Waals surface area contributed by atoms with Crippen molar-refractivity contribution in [3.05, 3.63) is 53.6 Å². The van der Waals surface area contributed by atoms with E-state index in [2.05, 4.69) is 0 Å². The Hall–Kier alpha value is -2.34. The number of aryl methyl sites for hydroxylation is 1. The van der Waals surface area contributed by atoms with Crippen molar-refractivity contribution < 1.29 is 17.4 Å². The SMILES string of the molecule is CC(=O)N1c2ccc(S(=O)(=O)Oc3ccccc3C)cc2CC1C. The molecule has 1 heterocycles. The van der Waals surface area contributed by atoms with E-state index in [4.69, 9.17) is 4.18 Å². The summed E-state index contributed by atoms with van der Waals surface area (Å²) in [7, 11) is -3.92. The van der Waals surface area contributed by atoms with Crippen LogP contribution >= 0.6 is 0 Å². The predicted octanol–water partition coefficient (Wildman–Crippen LogP) is 3.06. The number of para-hydroxylation sites is 1. The Morgan fingerprint density at radius 2 is 1.92 bits per heavy atom. The molecule has 0 radical (unpaired) electrons. The van der Waals surface area contributed by atoms with E-state index in [0.717, 1.165) is 16.8 Å². The average Bonchev–Trinajstić information content (AvgIpc) is 2.84. The number of hydrogen-bond acceptors (Lipinski definition) is 4. The zero-order chi connectivity index (χ0) is 17.5. The minimum atomic E-state index is -3.92. The molecule has 1 amide bonds. The lowest BCUT2D eigenvalue weighted by Crippen LogP contribution is -2.33. The van der Waals surface area contributed by atoms with Crippen molar-refractivity contribution in [2.24, 2.45) is 0 Å². The molecular formula is C18H19NO4S. The molecule has 0 aromatic heterocycles. The van der Waals surface area contributed by atoms with Crippen LogP contribution in [-0.4, -0.2) is 20.4 Å². The molecule has 24 heavy (non-hydrogen) atoms. The highest BCUT2D eigenvalue weighted by Crippen LogP contribution is 2.34. The lowest BCUT2D eigenvalue weighted by molar-refractivity contribution is -0.116. The maximum atomic E-state index is 12.5. The van der Waals surface area contributed by atoms with Crippen LogP contribution in [0.4, 0.5) is 5.69 Å². The monoisotopic (exact) mass is 345 g/mol. The second-order valence-electron chi connectivity index (χ2n) is 6.04. The van der Waals surface area contributed by atoms with Gasteiger partial charge in [0.2, 0.25) is 5.91 Å². The van der Waals surface area contributed by atoms with Crippen molar-refractivity contribution in [3.63, 3.8) is 0 Å². The van der Waals surface area contributed by atoms with Crippen LogP contribution < -0.4 is 9.08 Å². The van der Waals surface area contributed by atoms with Crippen molar-refractivity contribution in [2.75, 3.05) is 4.90 Å². The van der Waals surface area contributed by atoms with Crippen LogP contribution in [0.2, 0.25) is 0 Å². The molecule has 0 saturated heterocycles. The van der Waals surface area contributed by atoms with Crippen molar-refractivity contribution in [1.82, 2.24) is 0 Å². The minimum absolute atomic E-state index is 0.0211. The summed E-state index contributed by atoms with van der Waals surface area (Å²) in [5, 5.41) is 0. The number of anilines is 1. The number of carbonyl (C=O) groups is 1. The lowest BCUT2D eigenvalue weighted by atomic mass is 10.1. The molecule has 1 aliphatic heterocycles. The fourth-order valence-electron chi connectivity index (χ4n) is 3.06. The molecule has 0 fully saturated rings. The summed E-state index contributed by atoms with van der Waals surface area (Å²) in [4.78, 5) is 13.6. The van der Waals surface area contributed by atoms with Gasteiger partial charge in [0.05, 0.1) is 0 Å². The van der Waals surface area contributed by atoms with Gasteiger partial charge in [-0.3, -0.25) is 4.79 Å². The Kier molecular flexibility index (Phi) is 4.09. The van der Waals surface area contributed by atoms with Gasteiger partial charge < -0.3 is 9.08 Å². The summed E-state index contributed by atoms with van der Waals surface area (Å²) >= 11 is 0. The summed E-state index contributed by atoms with van der Waals surface area (Å²) in [5.41, 5.74) is 2.36.